The van der Waals surface area contributed by atoms with Gasteiger partial charge in [-0.1, -0.05) is 48.9 Å². The highest BCUT2D eigenvalue weighted by molar-refractivity contribution is 6.31. The Hall–Kier alpha value is -2.40. The third kappa shape index (κ3) is 3.83. The molecule has 114 valence electrons. The highest BCUT2D eigenvalue weighted by Crippen LogP contribution is 2.23. The number of halogens is 1. The Labute approximate surface area is 133 Å². The molecule has 0 spiro atoms. The normalized spacial score (nSPS) is 11.7. The molecule has 0 saturated carbocycles. The second kappa shape index (κ2) is 7.04. The van der Waals surface area contributed by atoms with Gasteiger partial charge in [0.1, 0.15) is 5.56 Å². The average Bonchev–Trinajstić information content (AvgIpc) is 2.52. The first-order valence-electron chi connectivity index (χ1n) is 6.76. The number of nitrogens with one attached hydrogen (secondary N) is 1. The van der Waals surface area contributed by atoms with Gasteiger partial charge < -0.3 is 5.32 Å². The van der Waals surface area contributed by atoms with Crippen LogP contribution in [0.1, 0.15) is 28.8 Å². The number of rotatable bonds is 5. The molecule has 0 bridgehead atoms. The van der Waals surface area contributed by atoms with E-state index in [1.165, 1.54) is 18.2 Å². The van der Waals surface area contributed by atoms with Crippen LogP contribution in [0.3, 0.4) is 0 Å². The average molecular weight is 319 g/mol. The third-order valence-electron chi connectivity index (χ3n) is 3.34. The maximum atomic E-state index is 12.2. The van der Waals surface area contributed by atoms with Crippen molar-refractivity contribution >= 4 is 23.2 Å². The lowest BCUT2D eigenvalue weighted by atomic mass is 10.0. The van der Waals surface area contributed by atoms with Gasteiger partial charge in [-0.2, -0.15) is 0 Å². The fourth-order valence-electron chi connectivity index (χ4n) is 2.09. The Bertz CT molecular complexity index is 689. The van der Waals surface area contributed by atoms with E-state index in [4.69, 9.17) is 11.6 Å². The van der Waals surface area contributed by atoms with Crippen LogP contribution in [-0.2, 0) is 0 Å². The molecule has 2 aromatic carbocycles. The lowest BCUT2D eigenvalue weighted by Crippen LogP contribution is -2.28. The first kappa shape index (κ1) is 16.0. The molecular weight excluding hydrogens is 304 g/mol. The van der Waals surface area contributed by atoms with Crippen molar-refractivity contribution < 1.29 is 9.72 Å². The van der Waals surface area contributed by atoms with Crippen LogP contribution in [0.25, 0.3) is 0 Å². The third-order valence-corrected chi connectivity index (χ3v) is 3.57. The molecule has 0 fully saturated rings. The minimum atomic E-state index is -0.591. The SMILES string of the molecule is C[C@@H](CNC(=O)c1cc(Cl)ccc1[N+](=O)[O-])c1ccccc1. The van der Waals surface area contributed by atoms with E-state index < -0.39 is 10.8 Å². The predicted molar refractivity (Wildman–Crippen MR) is 85.3 cm³/mol. The summed E-state index contributed by atoms with van der Waals surface area (Å²) >= 11 is 5.82. The summed E-state index contributed by atoms with van der Waals surface area (Å²) < 4.78 is 0. The van der Waals surface area contributed by atoms with Crippen LogP contribution >= 0.6 is 11.6 Å². The lowest BCUT2D eigenvalue weighted by Gasteiger charge is -2.13. The summed E-state index contributed by atoms with van der Waals surface area (Å²) in [6, 6.07) is 13.6. The Morgan fingerprint density at radius 3 is 2.59 bits per heavy atom. The zero-order valence-corrected chi connectivity index (χ0v) is 12.7. The van der Waals surface area contributed by atoms with Crippen molar-refractivity contribution in [2.24, 2.45) is 0 Å². The quantitative estimate of drug-likeness (QED) is 0.673. The molecule has 0 aliphatic rings. The van der Waals surface area contributed by atoms with Gasteiger partial charge >= 0.3 is 0 Å². The number of nitro groups is 1. The summed E-state index contributed by atoms with van der Waals surface area (Å²) in [5.74, 6) is -0.402. The smallest absolute Gasteiger partial charge is 0.282 e. The number of hydrogen-bond donors (Lipinski definition) is 1. The highest BCUT2D eigenvalue weighted by atomic mass is 35.5. The summed E-state index contributed by atoms with van der Waals surface area (Å²) in [4.78, 5) is 22.6. The van der Waals surface area contributed by atoms with Gasteiger partial charge in [0.15, 0.2) is 0 Å². The van der Waals surface area contributed by atoms with Crippen LogP contribution in [-0.4, -0.2) is 17.4 Å². The molecule has 22 heavy (non-hydrogen) atoms. The lowest BCUT2D eigenvalue weighted by molar-refractivity contribution is -0.385. The number of hydrogen-bond acceptors (Lipinski definition) is 3. The fourth-order valence-corrected chi connectivity index (χ4v) is 2.26. The number of amides is 1. The maximum Gasteiger partial charge on any atom is 0.282 e. The molecule has 0 heterocycles. The number of nitrogens with zero attached hydrogens (tertiary/aromatic N) is 1. The monoisotopic (exact) mass is 318 g/mol. The van der Waals surface area contributed by atoms with Crippen LogP contribution < -0.4 is 5.32 Å². The fraction of sp³-hybridized carbons (Fsp3) is 0.188. The molecule has 1 amide bonds. The van der Waals surface area contributed by atoms with Gasteiger partial charge in [0, 0.05) is 17.6 Å². The van der Waals surface area contributed by atoms with Crippen LogP contribution in [0.4, 0.5) is 5.69 Å². The Morgan fingerprint density at radius 2 is 1.95 bits per heavy atom. The Balaban J connectivity index is 2.10. The maximum absolute atomic E-state index is 12.2. The largest absolute Gasteiger partial charge is 0.351 e. The summed E-state index contributed by atoms with van der Waals surface area (Å²) in [6.45, 7) is 2.36. The van der Waals surface area contributed by atoms with Gasteiger partial charge in [0.2, 0.25) is 0 Å². The first-order valence-corrected chi connectivity index (χ1v) is 7.14. The molecule has 0 aliphatic carbocycles. The predicted octanol–water partition coefficient (Wildman–Crippen LogP) is 3.78. The summed E-state index contributed by atoms with van der Waals surface area (Å²) in [6.07, 6.45) is 0. The zero-order valence-electron chi connectivity index (χ0n) is 12.0. The van der Waals surface area contributed by atoms with E-state index in [1.54, 1.807) is 0 Å². The summed E-state index contributed by atoms with van der Waals surface area (Å²) in [5, 5.41) is 14.0. The Kier molecular flexibility index (Phi) is 5.12. The first-order chi connectivity index (χ1) is 10.5. The molecule has 2 aromatic rings. The minimum Gasteiger partial charge on any atom is -0.351 e. The molecule has 0 saturated heterocycles. The van der Waals surface area contributed by atoms with E-state index >= 15 is 0 Å². The van der Waals surface area contributed by atoms with E-state index in [0.717, 1.165) is 5.56 Å². The molecule has 0 aliphatic heterocycles. The van der Waals surface area contributed by atoms with E-state index in [2.05, 4.69) is 5.32 Å². The minimum absolute atomic E-state index is 0.0299. The van der Waals surface area contributed by atoms with Gasteiger partial charge in [-0.25, -0.2) is 0 Å². The molecule has 5 nitrogen and oxygen atoms in total. The highest BCUT2D eigenvalue weighted by Gasteiger charge is 2.20. The van der Waals surface area contributed by atoms with E-state index in [0.29, 0.717) is 6.54 Å². The van der Waals surface area contributed by atoms with Gasteiger partial charge in [-0.05, 0) is 23.6 Å². The molecule has 1 atom stereocenters. The van der Waals surface area contributed by atoms with Crippen molar-refractivity contribution in [3.63, 3.8) is 0 Å². The molecule has 0 radical (unpaired) electrons. The zero-order chi connectivity index (χ0) is 16.1. The molecule has 0 unspecified atom stereocenters. The van der Waals surface area contributed by atoms with E-state index in [1.807, 2.05) is 37.3 Å². The van der Waals surface area contributed by atoms with Gasteiger partial charge in [-0.15, -0.1) is 0 Å². The van der Waals surface area contributed by atoms with Crippen molar-refractivity contribution in [3.8, 4) is 0 Å². The van der Waals surface area contributed by atoms with E-state index in [9.17, 15) is 14.9 Å². The number of carbonyl (C=O) groups excluding carboxylic acids is 1. The van der Waals surface area contributed by atoms with Crippen LogP contribution in [0, 0.1) is 10.1 Å². The van der Waals surface area contributed by atoms with Crippen molar-refractivity contribution in [1.82, 2.24) is 5.32 Å². The van der Waals surface area contributed by atoms with Crippen molar-refractivity contribution in [2.45, 2.75) is 12.8 Å². The van der Waals surface area contributed by atoms with Crippen LogP contribution in [0.15, 0.2) is 48.5 Å². The summed E-state index contributed by atoms with van der Waals surface area (Å²) in [7, 11) is 0. The molecular formula is C16H15ClN2O3. The van der Waals surface area contributed by atoms with Crippen LogP contribution in [0.5, 0.6) is 0 Å². The molecule has 0 aromatic heterocycles. The summed E-state index contributed by atoms with van der Waals surface area (Å²) in [5.41, 5.74) is 0.801. The number of benzene rings is 2. The second-order valence-electron chi connectivity index (χ2n) is 4.94. The Morgan fingerprint density at radius 1 is 1.27 bits per heavy atom. The number of carbonyl (C=O) groups is 1. The van der Waals surface area contributed by atoms with Gasteiger partial charge in [0.05, 0.1) is 4.92 Å². The van der Waals surface area contributed by atoms with Gasteiger partial charge in [-0.3, -0.25) is 14.9 Å². The standard InChI is InChI=1S/C16H15ClN2O3/c1-11(12-5-3-2-4-6-12)10-18-16(20)14-9-13(17)7-8-15(14)19(21)22/h2-9,11H,10H2,1H3,(H,18,20)/t11-/m0/s1. The molecule has 2 rings (SSSR count). The van der Waals surface area contributed by atoms with Crippen LogP contribution in [0.2, 0.25) is 5.02 Å². The van der Waals surface area contributed by atoms with Gasteiger partial charge in [0.25, 0.3) is 11.6 Å². The topological polar surface area (TPSA) is 72.2 Å². The molecule has 1 N–H and O–H groups in total. The van der Waals surface area contributed by atoms with Crippen molar-refractivity contribution in [3.05, 3.63) is 74.8 Å². The van der Waals surface area contributed by atoms with E-state index in [-0.39, 0.29) is 22.2 Å². The van der Waals surface area contributed by atoms with Crippen molar-refractivity contribution in [1.29, 1.82) is 0 Å². The second-order valence-corrected chi connectivity index (χ2v) is 5.38. The van der Waals surface area contributed by atoms with Crippen molar-refractivity contribution in [2.75, 3.05) is 6.54 Å². The molecule has 6 heteroatoms. The number of nitro benzene ring substituents is 1.